The molecule has 0 aromatic heterocycles. The molecule has 2 aromatic carbocycles. The van der Waals surface area contributed by atoms with Gasteiger partial charge in [0.15, 0.2) is 0 Å². The van der Waals surface area contributed by atoms with Gasteiger partial charge in [0.1, 0.15) is 10.7 Å². The monoisotopic (exact) mass is 300 g/mol. The van der Waals surface area contributed by atoms with Gasteiger partial charge in [-0.05, 0) is 31.2 Å². The van der Waals surface area contributed by atoms with Gasteiger partial charge in [0, 0.05) is 5.56 Å². The summed E-state index contributed by atoms with van der Waals surface area (Å²) >= 11 is 4.99. The Morgan fingerprint density at radius 1 is 1.19 bits per heavy atom. The first-order valence-electron chi connectivity index (χ1n) is 6.37. The Morgan fingerprint density at radius 3 is 2.57 bits per heavy atom. The van der Waals surface area contributed by atoms with Crippen LogP contribution in [0.25, 0.3) is 0 Å². The van der Waals surface area contributed by atoms with Gasteiger partial charge >= 0.3 is 0 Å². The molecule has 0 bridgehead atoms. The smallest absolute Gasteiger partial charge is 0.259 e. The summed E-state index contributed by atoms with van der Waals surface area (Å²) in [6.45, 7) is 1.92. The van der Waals surface area contributed by atoms with Gasteiger partial charge in [0.05, 0.1) is 18.4 Å². The molecule has 0 aliphatic rings. The number of anilines is 1. The molecule has 0 heterocycles. The summed E-state index contributed by atoms with van der Waals surface area (Å²) in [6, 6.07) is 12.6. The van der Waals surface area contributed by atoms with Gasteiger partial charge in [0.2, 0.25) is 0 Å². The molecule has 108 valence electrons. The van der Waals surface area contributed by atoms with Crippen LogP contribution in [-0.4, -0.2) is 18.0 Å². The number of carbonyl (C=O) groups excluding carboxylic acids is 1. The molecule has 0 saturated carbocycles. The zero-order chi connectivity index (χ0) is 15.4. The van der Waals surface area contributed by atoms with E-state index in [-0.39, 0.29) is 10.9 Å². The molecule has 0 unspecified atom stereocenters. The van der Waals surface area contributed by atoms with Crippen molar-refractivity contribution in [2.24, 2.45) is 5.73 Å². The summed E-state index contributed by atoms with van der Waals surface area (Å²) < 4.78 is 5.23. The van der Waals surface area contributed by atoms with E-state index in [9.17, 15) is 4.79 Å². The fraction of sp³-hybridized carbons (Fsp3) is 0.125. The molecule has 0 radical (unpaired) electrons. The van der Waals surface area contributed by atoms with Crippen molar-refractivity contribution in [2.75, 3.05) is 12.4 Å². The fourth-order valence-corrected chi connectivity index (χ4v) is 2.17. The van der Waals surface area contributed by atoms with E-state index in [0.717, 1.165) is 5.56 Å². The van der Waals surface area contributed by atoms with Crippen LogP contribution in [0.3, 0.4) is 0 Å². The van der Waals surface area contributed by atoms with Crippen LogP contribution in [0.15, 0.2) is 42.5 Å². The first kappa shape index (κ1) is 15.0. The van der Waals surface area contributed by atoms with E-state index in [1.54, 1.807) is 24.3 Å². The van der Waals surface area contributed by atoms with Crippen LogP contribution in [0.4, 0.5) is 5.69 Å². The highest BCUT2D eigenvalue weighted by atomic mass is 32.1. The molecule has 0 aliphatic heterocycles. The molecule has 0 saturated heterocycles. The van der Waals surface area contributed by atoms with Gasteiger partial charge in [-0.15, -0.1) is 0 Å². The van der Waals surface area contributed by atoms with E-state index < -0.39 is 0 Å². The topological polar surface area (TPSA) is 64.3 Å². The van der Waals surface area contributed by atoms with Crippen LogP contribution >= 0.6 is 12.2 Å². The van der Waals surface area contributed by atoms with E-state index >= 15 is 0 Å². The zero-order valence-corrected chi connectivity index (χ0v) is 12.7. The predicted octanol–water partition coefficient (Wildman–Crippen LogP) is 2.89. The first-order valence-corrected chi connectivity index (χ1v) is 6.78. The molecule has 0 fully saturated rings. The van der Waals surface area contributed by atoms with Gasteiger partial charge in [-0.25, -0.2) is 0 Å². The lowest BCUT2D eigenvalue weighted by molar-refractivity contribution is 0.102. The average Bonchev–Trinajstić information content (AvgIpc) is 2.47. The minimum atomic E-state index is -0.265. The lowest BCUT2D eigenvalue weighted by Gasteiger charge is -2.12. The lowest BCUT2D eigenvalue weighted by atomic mass is 10.1. The van der Waals surface area contributed by atoms with Crippen LogP contribution < -0.4 is 15.8 Å². The number of hydrogen-bond acceptors (Lipinski definition) is 3. The van der Waals surface area contributed by atoms with Crippen LogP contribution in [0.5, 0.6) is 5.75 Å². The Kier molecular flexibility index (Phi) is 4.55. The highest BCUT2D eigenvalue weighted by Crippen LogP contribution is 2.22. The Hall–Kier alpha value is -2.40. The molecular formula is C16H16N2O2S. The number of para-hydroxylation sites is 1. The number of carbonyl (C=O) groups is 1. The van der Waals surface area contributed by atoms with Crippen LogP contribution in [0, 0.1) is 6.92 Å². The second-order valence-corrected chi connectivity index (χ2v) is 5.01. The third-order valence-electron chi connectivity index (χ3n) is 3.04. The quantitative estimate of drug-likeness (QED) is 0.852. The number of nitrogens with two attached hydrogens (primary N) is 1. The Morgan fingerprint density at radius 2 is 1.90 bits per heavy atom. The predicted molar refractivity (Wildman–Crippen MR) is 88.0 cm³/mol. The van der Waals surface area contributed by atoms with Crippen molar-refractivity contribution >= 4 is 28.8 Å². The van der Waals surface area contributed by atoms with Gasteiger partial charge in [-0.3, -0.25) is 4.79 Å². The maximum Gasteiger partial charge on any atom is 0.259 e. The Bertz CT molecular complexity index is 698. The molecule has 1 amide bonds. The maximum absolute atomic E-state index is 12.4. The van der Waals surface area contributed by atoms with Crippen LogP contribution in [0.1, 0.15) is 21.5 Å². The molecule has 4 nitrogen and oxygen atoms in total. The molecule has 3 N–H and O–H groups in total. The molecule has 5 heteroatoms. The third-order valence-corrected chi connectivity index (χ3v) is 3.26. The van der Waals surface area contributed by atoms with E-state index in [2.05, 4.69) is 5.32 Å². The molecule has 0 atom stereocenters. The Labute approximate surface area is 128 Å². The molecular weight excluding hydrogens is 284 g/mol. The van der Waals surface area contributed by atoms with Crippen molar-refractivity contribution < 1.29 is 9.53 Å². The number of rotatable bonds is 4. The number of benzene rings is 2. The molecule has 2 rings (SSSR count). The SMILES string of the molecule is COc1ccc(C)cc1C(=O)Nc1ccccc1C(N)=S. The van der Waals surface area contributed by atoms with E-state index in [4.69, 9.17) is 22.7 Å². The van der Waals surface area contributed by atoms with Crippen molar-refractivity contribution in [3.63, 3.8) is 0 Å². The fourth-order valence-electron chi connectivity index (χ4n) is 2.00. The zero-order valence-electron chi connectivity index (χ0n) is 11.8. The highest BCUT2D eigenvalue weighted by molar-refractivity contribution is 7.80. The van der Waals surface area contributed by atoms with Crippen molar-refractivity contribution in [2.45, 2.75) is 6.92 Å². The number of aryl methyl sites for hydroxylation is 1. The minimum absolute atomic E-state index is 0.238. The largest absolute Gasteiger partial charge is 0.496 e. The summed E-state index contributed by atoms with van der Waals surface area (Å²) in [7, 11) is 1.53. The highest BCUT2D eigenvalue weighted by Gasteiger charge is 2.14. The third kappa shape index (κ3) is 3.38. The van der Waals surface area contributed by atoms with Gasteiger partial charge in [-0.2, -0.15) is 0 Å². The van der Waals surface area contributed by atoms with Crippen molar-refractivity contribution in [3.05, 3.63) is 59.2 Å². The molecule has 21 heavy (non-hydrogen) atoms. The van der Waals surface area contributed by atoms with Crippen molar-refractivity contribution in [3.8, 4) is 5.75 Å². The number of nitrogens with one attached hydrogen (secondary N) is 1. The second kappa shape index (κ2) is 6.37. The summed E-state index contributed by atoms with van der Waals surface area (Å²) in [4.78, 5) is 12.7. The van der Waals surface area contributed by atoms with E-state index in [1.165, 1.54) is 7.11 Å². The van der Waals surface area contributed by atoms with Gasteiger partial charge in [-0.1, -0.05) is 36.0 Å². The Balaban J connectivity index is 2.35. The van der Waals surface area contributed by atoms with E-state index in [1.807, 2.05) is 25.1 Å². The lowest BCUT2D eigenvalue weighted by Crippen LogP contribution is -2.18. The maximum atomic E-state index is 12.4. The van der Waals surface area contributed by atoms with Crippen LogP contribution in [-0.2, 0) is 0 Å². The average molecular weight is 300 g/mol. The summed E-state index contributed by atoms with van der Waals surface area (Å²) in [5.74, 6) is 0.255. The van der Waals surface area contributed by atoms with Crippen molar-refractivity contribution in [1.82, 2.24) is 0 Å². The number of amides is 1. The van der Waals surface area contributed by atoms with Crippen molar-refractivity contribution in [1.29, 1.82) is 0 Å². The number of thiocarbonyl (C=S) groups is 1. The molecule has 0 spiro atoms. The minimum Gasteiger partial charge on any atom is -0.496 e. The molecule has 0 aliphatic carbocycles. The number of ether oxygens (including phenoxy) is 1. The number of methoxy groups -OCH3 is 1. The van der Waals surface area contributed by atoms with Gasteiger partial charge < -0.3 is 15.8 Å². The standard InChI is InChI=1S/C16H16N2O2S/c1-10-7-8-14(20-2)12(9-10)16(19)18-13-6-4-3-5-11(13)15(17)21/h3-9H,1-2H3,(H2,17,21)(H,18,19). The first-order chi connectivity index (χ1) is 10.0. The van der Waals surface area contributed by atoms with E-state index in [0.29, 0.717) is 22.6 Å². The van der Waals surface area contributed by atoms with Gasteiger partial charge in [0.25, 0.3) is 5.91 Å². The molecule has 2 aromatic rings. The number of hydrogen-bond donors (Lipinski definition) is 2. The summed E-state index contributed by atoms with van der Waals surface area (Å²) in [5, 5.41) is 2.82. The van der Waals surface area contributed by atoms with Crippen LogP contribution in [0.2, 0.25) is 0 Å². The second-order valence-electron chi connectivity index (χ2n) is 4.57. The summed E-state index contributed by atoms with van der Waals surface area (Å²) in [6.07, 6.45) is 0. The normalized spacial score (nSPS) is 10.0. The summed E-state index contributed by atoms with van der Waals surface area (Å²) in [5.41, 5.74) is 8.32.